The maximum atomic E-state index is 13.5. The smallest absolute Gasteiger partial charge is 0.127 e. The second-order valence-corrected chi connectivity index (χ2v) is 5.62. The van der Waals surface area contributed by atoms with E-state index in [1.54, 1.807) is 12.1 Å². The number of rotatable bonds is 5. The lowest BCUT2D eigenvalue weighted by Crippen LogP contribution is -2.21. The highest BCUT2D eigenvalue weighted by molar-refractivity contribution is 5.36. The fraction of sp³-hybridized carbons (Fsp3) is 0.333. The lowest BCUT2D eigenvalue weighted by atomic mass is 10.0. The van der Waals surface area contributed by atoms with Crippen LogP contribution in [0.2, 0.25) is 0 Å². The van der Waals surface area contributed by atoms with E-state index in [1.165, 1.54) is 23.6 Å². The fourth-order valence-corrected chi connectivity index (χ4v) is 2.90. The first kappa shape index (κ1) is 14.2. The van der Waals surface area contributed by atoms with Gasteiger partial charge in [0.15, 0.2) is 0 Å². The summed E-state index contributed by atoms with van der Waals surface area (Å²) in [5.74, 6) is -0.211. The lowest BCUT2D eigenvalue weighted by molar-refractivity contribution is 0.174. The molecule has 0 fully saturated rings. The Kier molecular flexibility index (Phi) is 4.32. The molecule has 0 saturated heterocycles. The van der Waals surface area contributed by atoms with Gasteiger partial charge < -0.3 is 10.4 Å². The third kappa shape index (κ3) is 3.31. The number of halogens is 1. The minimum Gasteiger partial charge on any atom is -0.387 e. The number of aryl methyl sites for hydroxylation is 2. The zero-order valence-corrected chi connectivity index (χ0v) is 12.0. The van der Waals surface area contributed by atoms with E-state index in [1.807, 2.05) is 12.1 Å². The number of fused-ring (bicyclic) bond motifs is 1. The van der Waals surface area contributed by atoms with E-state index in [-0.39, 0.29) is 5.82 Å². The Bertz CT molecular complexity index is 626. The molecule has 2 aromatic rings. The van der Waals surface area contributed by atoms with Crippen molar-refractivity contribution in [3.63, 3.8) is 0 Å². The van der Waals surface area contributed by atoms with Crippen LogP contribution in [0, 0.1) is 5.82 Å². The van der Waals surface area contributed by atoms with Gasteiger partial charge in [-0.2, -0.15) is 0 Å². The average molecular weight is 285 g/mol. The van der Waals surface area contributed by atoms with E-state index in [9.17, 15) is 9.50 Å². The third-order valence-electron chi connectivity index (χ3n) is 4.12. The quantitative estimate of drug-likeness (QED) is 0.884. The van der Waals surface area contributed by atoms with E-state index in [0.29, 0.717) is 18.7 Å². The number of benzene rings is 2. The van der Waals surface area contributed by atoms with Gasteiger partial charge in [-0.15, -0.1) is 0 Å². The van der Waals surface area contributed by atoms with Crippen molar-refractivity contribution in [2.24, 2.45) is 0 Å². The summed E-state index contributed by atoms with van der Waals surface area (Å²) in [7, 11) is 0. The SMILES string of the molecule is OC(CNCc1ccccc1F)c1ccc2c(c1)CCC2. The van der Waals surface area contributed by atoms with Crippen molar-refractivity contribution in [3.8, 4) is 0 Å². The van der Waals surface area contributed by atoms with Crippen molar-refractivity contribution in [2.75, 3.05) is 6.54 Å². The van der Waals surface area contributed by atoms with Gasteiger partial charge in [-0.25, -0.2) is 4.39 Å². The maximum Gasteiger partial charge on any atom is 0.127 e. The number of hydrogen-bond acceptors (Lipinski definition) is 2. The summed E-state index contributed by atoms with van der Waals surface area (Å²) in [5.41, 5.74) is 4.33. The van der Waals surface area contributed by atoms with Crippen molar-refractivity contribution >= 4 is 0 Å². The van der Waals surface area contributed by atoms with Crippen LogP contribution in [0.3, 0.4) is 0 Å². The molecular formula is C18H20FNO. The summed E-state index contributed by atoms with van der Waals surface area (Å²) < 4.78 is 13.5. The van der Waals surface area contributed by atoms with Gasteiger partial charge >= 0.3 is 0 Å². The molecule has 1 aliphatic rings. The van der Waals surface area contributed by atoms with E-state index < -0.39 is 6.10 Å². The predicted molar refractivity (Wildman–Crippen MR) is 81.5 cm³/mol. The molecule has 1 aliphatic carbocycles. The van der Waals surface area contributed by atoms with E-state index >= 15 is 0 Å². The highest BCUT2D eigenvalue weighted by Crippen LogP contribution is 2.25. The first-order valence-electron chi connectivity index (χ1n) is 7.48. The predicted octanol–water partition coefficient (Wildman–Crippen LogP) is 3.14. The van der Waals surface area contributed by atoms with Crippen molar-refractivity contribution in [2.45, 2.75) is 31.9 Å². The van der Waals surface area contributed by atoms with Crippen LogP contribution in [0.15, 0.2) is 42.5 Å². The molecule has 1 unspecified atom stereocenters. The molecule has 2 aromatic carbocycles. The second kappa shape index (κ2) is 6.37. The summed E-state index contributed by atoms with van der Waals surface area (Å²) in [4.78, 5) is 0. The molecule has 0 saturated carbocycles. The van der Waals surface area contributed by atoms with Crippen LogP contribution in [0.5, 0.6) is 0 Å². The van der Waals surface area contributed by atoms with E-state index in [0.717, 1.165) is 18.4 Å². The molecule has 0 aromatic heterocycles. The average Bonchev–Trinajstić information content (AvgIpc) is 2.96. The fourth-order valence-electron chi connectivity index (χ4n) is 2.90. The molecule has 21 heavy (non-hydrogen) atoms. The lowest BCUT2D eigenvalue weighted by Gasteiger charge is -2.14. The highest BCUT2D eigenvalue weighted by atomic mass is 19.1. The molecule has 0 heterocycles. The van der Waals surface area contributed by atoms with Crippen molar-refractivity contribution in [1.29, 1.82) is 0 Å². The van der Waals surface area contributed by atoms with Crippen LogP contribution in [-0.4, -0.2) is 11.7 Å². The van der Waals surface area contributed by atoms with Crippen LogP contribution in [-0.2, 0) is 19.4 Å². The highest BCUT2D eigenvalue weighted by Gasteiger charge is 2.14. The molecular weight excluding hydrogens is 265 g/mol. The minimum absolute atomic E-state index is 0.211. The van der Waals surface area contributed by atoms with Crippen molar-refractivity contribution < 1.29 is 9.50 Å². The normalized spacial score (nSPS) is 15.0. The summed E-state index contributed by atoms with van der Waals surface area (Å²) in [6.07, 6.45) is 2.92. The Balaban J connectivity index is 1.57. The zero-order chi connectivity index (χ0) is 14.7. The number of nitrogens with one attached hydrogen (secondary N) is 1. The van der Waals surface area contributed by atoms with Crippen molar-refractivity contribution in [1.82, 2.24) is 5.32 Å². The Morgan fingerprint density at radius 3 is 2.76 bits per heavy atom. The van der Waals surface area contributed by atoms with Gasteiger partial charge in [0.25, 0.3) is 0 Å². The molecule has 1 atom stereocenters. The molecule has 0 aliphatic heterocycles. The van der Waals surface area contributed by atoms with Gasteiger partial charge in [0.1, 0.15) is 5.82 Å². The third-order valence-corrected chi connectivity index (χ3v) is 4.12. The van der Waals surface area contributed by atoms with Gasteiger partial charge in [-0.1, -0.05) is 36.4 Å². The van der Waals surface area contributed by atoms with Crippen LogP contribution in [0.1, 0.15) is 34.8 Å². The minimum atomic E-state index is -0.553. The molecule has 2 N–H and O–H groups in total. The molecule has 0 bridgehead atoms. The van der Waals surface area contributed by atoms with Crippen LogP contribution < -0.4 is 5.32 Å². The molecule has 2 nitrogen and oxygen atoms in total. The van der Waals surface area contributed by atoms with Crippen LogP contribution in [0.4, 0.5) is 4.39 Å². The number of hydrogen-bond donors (Lipinski definition) is 2. The van der Waals surface area contributed by atoms with Gasteiger partial charge in [0, 0.05) is 18.7 Å². The van der Waals surface area contributed by atoms with Gasteiger partial charge in [0.2, 0.25) is 0 Å². The second-order valence-electron chi connectivity index (χ2n) is 5.62. The van der Waals surface area contributed by atoms with Gasteiger partial charge in [-0.05, 0) is 42.0 Å². The molecule has 0 spiro atoms. The number of aliphatic hydroxyl groups is 1. The monoisotopic (exact) mass is 285 g/mol. The summed E-state index contributed by atoms with van der Waals surface area (Å²) in [6.45, 7) is 0.849. The molecule has 3 rings (SSSR count). The topological polar surface area (TPSA) is 32.3 Å². The summed E-state index contributed by atoms with van der Waals surface area (Å²) in [5, 5.41) is 13.4. The Morgan fingerprint density at radius 1 is 1.10 bits per heavy atom. The maximum absolute atomic E-state index is 13.5. The summed E-state index contributed by atoms with van der Waals surface area (Å²) in [6, 6.07) is 12.9. The first-order valence-corrected chi connectivity index (χ1v) is 7.48. The first-order chi connectivity index (χ1) is 10.2. The Morgan fingerprint density at radius 2 is 1.90 bits per heavy atom. The Hall–Kier alpha value is -1.71. The van der Waals surface area contributed by atoms with E-state index in [4.69, 9.17) is 0 Å². The largest absolute Gasteiger partial charge is 0.387 e. The van der Waals surface area contributed by atoms with E-state index in [2.05, 4.69) is 17.4 Å². The molecule has 0 amide bonds. The molecule has 110 valence electrons. The van der Waals surface area contributed by atoms with Gasteiger partial charge in [0.05, 0.1) is 6.10 Å². The van der Waals surface area contributed by atoms with Crippen LogP contribution >= 0.6 is 0 Å². The number of aliphatic hydroxyl groups excluding tert-OH is 1. The Labute approximate surface area is 124 Å². The van der Waals surface area contributed by atoms with Gasteiger partial charge in [-0.3, -0.25) is 0 Å². The standard InChI is InChI=1S/C18H20FNO/c19-17-7-2-1-4-16(17)11-20-12-18(21)15-9-8-13-5-3-6-14(13)10-15/h1-2,4,7-10,18,20-21H,3,5-6,11-12H2. The van der Waals surface area contributed by atoms with Crippen LogP contribution in [0.25, 0.3) is 0 Å². The van der Waals surface area contributed by atoms with Crippen molar-refractivity contribution in [3.05, 3.63) is 70.5 Å². The molecule has 3 heteroatoms. The summed E-state index contributed by atoms with van der Waals surface area (Å²) >= 11 is 0. The zero-order valence-electron chi connectivity index (χ0n) is 12.0. The molecule has 0 radical (unpaired) electrons.